The van der Waals surface area contributed by atoms with Gasteiger partial charge in [0.15, 0.2) is 11.9 Å². The molecule has 2 aromatic rings. The summed E-state index contributed by atoms with van der Waals surface area (Å²) in [6.45, 7) is 5.20. The summed E-state index contributed by atoms with van der Waals surface area (Å²) in [7, 11) is 0. The minimum absolute atomic E-state index is 0.213. The van der Waals surface area contributed by atoms with Gasteiger partial charge < -0.3 is 9.72 Å². The van der Waals surface area contributed by atoms with Crippen molar-refractivity contribution in [2.24, 2.45) is 5.92 Å². The zero-order chi connectivity index (χ0) is 14.0. The molecule has 100 valence electrons. The SMILES string of the molecule is CC(C)C(=O)O[C@@H](C)c1nc2ccccc2c(=O)[nH]1. The molecule has 5 heteroatoms. The lowest BCUT2D eigenvalue weighted by atomic mass is 10.2. The lowest BCUT2D eigenvalue weighted by Crippen LogP contribution is -2.19. The highest BCUT2D eigenvalue weighted by molar-refractivity contribution is 5.77. The summed E-state index contributed by atoms with van der Waals surface area (Å²) < 4.78 is 5.23. The van der Waals surface area contributed by atoms with E-state index < -0.39 is 6.10 Å². The predicted octanol–water partition coefficient (Wildman–Crippen LogP) is 2.18. The van der Waals surface area contributed by atoms with Gasteiger partial charge in [-0.1, -0.05) is 26.0 Å². The number of H-pyrrole nitrogens is 1. The number of fused-ring (bicyclic) bond motifs is 1. The molecular formula is C14H16N2O3. The van der Waals surface area contributed by atoms with Crippen molar-refractivity contribution in [2.45, 2.75) is 26.9 Å². The molecule has 0 aliphatic heterocycles. The number of benzene rings is 1. The Morgan fingerprint density at radius 1 is 1.26 bits per heavy atom. The Bertz CT molecular complexity index is 661. The molecule has 0 bridgehead atoms. The van der Waals surface area contributed by atoms with Crippen molar-refractivity contribution in [3.8, 4) is 0 Å². The molecule has 0 radical (unpaired) electrons. The molecule has 1 aromatic heterocycles. The summed E-state index contributed by atoms with van der Waals surface area (Å²) in [4.78, 5) is 30.4. The van der Waals surface area contributed by atoms with Gasteiger partial charge in [0.2, 0.25) is 0 Å². The van der Waals surface area contributed by atoms with E-state index in [4.69, 9.17) is 4.74 Å². The summed E-state index contributed by atoms with van der Waals surface area (Å²) in [5.74, 6) is -0.171. The second-order valence-corrected chi connectivity index (χ2v) is 4.70. The molecule has 19 heavy (non-hydrogen) atoms. The van der Waals surface area contributed by atoms with E-state index in [0.29, 0.717) is 16.7 Å². The first-order valence-electron chi connectivity index (χ1n) is 6.18. The highest BCUT2D eigenvalue weighted by atomic mass is 16.5. The number of aromatic amines is 1. The van der Waals surface area contributed by atoms with Gasteiger partial charge in [0.1, 0.15) is 0 Å². The van der Waals surface area contributed by atoms with Crippen LogP contribution in [0, 0.1) is 5.92 Å². The van der Waals surface area contributed by atoms with Crippen LogP contribution in [0.4, 0.5) is 0 Å². The Kier molecular flexibility index (Phi) is 3.64. The van der Waals surface area contributed by atoms with Crippen molar-refractivity contribution in [1.82, 2.24) is 9.97 Å². The second-order valence-electron chi connectivity index (χ2n) is 4.70. The minimum atomic E-state index is -0.577. The number of rotatable bonds is 3. The number of esters is 1. The molecular weight excluding hydrogens is 244 g/mol. The maximum atomic E-state index is 11.9. The lowest BCUT2D eigenvalue weighted by Gasteiger charge is -2.14. The third-order valence-corrected chi connectivity index (χ3v) is 2.78. The Labute approximate surface area is 110 Å². The molecule has 0 aliphatic carbocycles. The number of nitrogens with zero attached hydrogens (tertiary/aromatic N) is 1. The van der Waals surface area contributed by atoms with Crippen LogP contribution in [0.15, 0.2) is 29.1 Å². The summed E-state index contributed by atoms with van der Waals surface area (Å²) >= 11 is 0. The standard InChI is InChI=1S/C14H16N2O3/c1-8(2)14(18)19-9(3)12-15-11-7-5-4-6-10(11)13(17)16-12/h4-9H,1-3H3,(H,15,16,17)/t9-/m0/s1. The van der Waals surface area contributed by atoms with E-state index in [1.165, 1.54) is 0 Å². The number of ether oxygens (including phenoxy) is 1. The molecule has 0 amide bonds. The largest absolute Gasteiger partial charge is 0.454 e. The zero-order valence-corrected chi connectivity index (χ0v) is 11.1. The van der Waals surface area contributed by atoms with E-state index in [1.807, 2.05) is 6.07 Å². The molecule has 0 unspecified atom stereocenters. The first-order chi connectivity index (χ1) is 8.99. The van der Waals surface area contributed by atoms with Gasteiger partial charge >= 0.3 is 5.97 Å². The lowest BCUT2D eigenvalue weighted by molar-refractivity contribution is -0.152. The molecule has 1 atom stereocenters. The predicted molar refractivity (Wildman–Crippen MR) is 71.7 cm³/mol. The first-order valence-corrected chi connectivity index (χ1v) is 6.18. The summed E-state index contributed by atoms with van der Waals surface area (Å²) in [6.07, 6.45) is -0.577. The quantitative estimate of drug-likeness (QED) is 0.858. The summed E-state index contributed by atoms with van der Waals surface area (Å²) in [6, 6.07) is 7.05. The second kappa shape index (κ2) is 5.22. The molecule has 0 saturated heterocycles. The normalized spacial score (nSPS) is 12.6. The van der Waals surface area contributed by atoms with Crippen LogP contribution in [-0.4, -0.2) is 15.9 Å². The number of carbonyl (C=O) groups is 1. The van der Waals surface area contributed by atoms with Gasteiger partial charge in [0.05, 0.1) is 16.8 Å². The van der Waals surface area contributed by atoms with Crippen molar-refractivity contribution in [3.63, 3.8) is 0 Å². The smallest absolute Gasteiger partial charge is 0.309 e. The average Bonchev–Trinajstić information content (AvgIpc) is 2.38. The molecule has 0 saturated carbocycles. The van der Waals surface area contributed by atoms with Gasteiger partial charge in [-0.3, -0.25) is 9.59 Å². The van der Waals surface area contributed by atoms with Gasteiger partial charge in [-0.05, 0) is 19.1 Å². The van der Waals surface area contributed by atoms with Gasteiger partial charge in [-0.15, -0.1) is 0 Å². The number of aromatic nitrogens is 2. The topological polar surface area (TPSA) is 72.0 Å². The Balaban J connectivity index is 2.35. The van der Waals surface area contributed by atoms with Crippen LogP contribution in [0.1, 0.15) is 32.7 Å². The Hall–Kier alpha value is -2.17. The summed E-state index contributed by atoms with van der Waals surface area (Å²) in [5.41, 5.74) is 0.363. The number of para-hydroxylation sites is 1. The third kappa shape index (κ3) is 2.81. The minimum Gasteiger partial charge on any atom is -0.454 e. The van der Waals surface area contributed by atoms with Crippen LogP contribution >= 0.6 is 0 Å². The van der Waals surface area contributed by atoms with Crippen molar-refractivity contribution in [3.05, 3.63) is 40.4 Å². The molecule has 5 nitrogen and oxygen atoms in total. The van der Waals surface area contributed by atoms with Crippen LogP contribution in [-0.2, 0) is 9.53 Å². The molecule has 2 rings (SSSR count). The molecule has 0 spiro atoms. The molecule has 1 heterocycles. The van der Waals surface area contributed by atoms with Crippen molar-refractivity contribution in [2.75, 3.05) is 0 Å². The number of carbonyl (C=O) groups excluding carboxylic acids is 1. The molecule has 0 fully saturated rings. The van der Waals surface area contributed by atoms with Crippen molar-refractivity contribution in [1.29, 1.82) is 0 Å². The number of hydrogen-bond donors (Lipinski definition) is 1. The Morgan fingerprint density at radius 2 is 1.95 bits per heavy atom. The number of hydrogen-bond acceptors (Lipinski definition) is 4. The van der Waals surface area contributed by atoms with E-state index in [0.717, 1.165) is 0 Å². The monoisotopic (exact) mass is 260 g/mol. The fourth-order valence-corrected chi connectivity index (χ4v) is 1.66. The highest BCUT2D eigenvalue weighted by Crippen LogP contribution is 2.15. The fraction of sp³-hybridized carbons (Fsp3) is 0.357. The van der Waals surface area contributed by atoms with Crippen molar-refractivity contribution >= 4 is 16.9 Å². The third-order valence-electron chi connectivity index (χ3n) is 2.78. The summed E-state index contributed by atoms with van der Waals surface area (Å²) in [5, 5.41) is 0.522. The zero-order valence-electron chi connectivity index (χ0n) is 11.1. The van der Waals surface area contributed by atoms with Gasteiger partial charge in [0, 0.05) is 0 Å². The van der Waals surface area contributed by atoms with Crippen LogP contribution in [0.3, 0.4) is 0 Å². The average molecular weight is 260 g/mol. The van der Waals surface area contributed by atoms with E-state index in [2.05, 4.69) is 9.97 Å². The molecule has 0 aliphatic rings. The van der Waals surface area contributed by atoms with Crippen molar-refractivity contribution < 1.29 is 9.53 Å². The van der Waals surface area contributed by atoms with Gasteiger partial charge in [-0.25, -0.2) is 4.98 Å². The molecule has 1 N–H and O–H groups in total. The Morgan fingerprint density at radius 3 is 2.63 bits per heavy atom. The van der Waals surface area contributed by atoms with Crippen LogP contribution in [0.25, 0.3) is 10.9 Å². The van der Waals surface area contributed by atoms with Crippen LogP contribution in [0.5, 0.6) is 0 Å². The van der Waals surface area contributed by atoms with E-state index in [9.17, 15) is 9.59 Å². The van der Waals surface area contributed by atoms with Crippen LogP contribution in [0.2, 0.25) is 0 Å². The van der Waals surface area contributed by atoms with Gasteiger partial charge in [0.25, 0.3) is 5.56 Å². The van der Waals surface area contributed by atoms with E-state index in [1.54, 1.807) is 39.0 Å². The van der Waals surface area contributed by atoms with Crippen LogP contribution < -0.4 is 5.56 Å². The maximum absolute atomic E-state index is 11.9. The number of nitrogens with one attached hydrogen (secondary N) is 1. The van der Waals surface area contributed by atoms with Gasteiger partial charge in [-0.2, -0.15) is 0 Å². The first kappa shape index (κ1) is 13.3. The maximum Gasteiger partial charge on any atom is 0.309 e. The fourth-order valence-electron chi connectivity index (χ4n) is 1.66. The van der Waals surface area contributed by atoms with E-state index >= 15 is 0 Å². The van der Waals surface area contributed by atoms with E-state index in [-0.39, 0.29) is 17.4 Å². The molecule has 1 aromatic carbocycles. The highest BCUT2D eigenvalue weighted by Gasteiger charge is 2.17.